The molecule has 86 valence electrons. The molecule has 0 saturated heterocycles. The molecule has 1 atom stereocenters. The Morgan fingerprint density at radius 2 is 2.25 bits per heavy atom. The number of aryl methyl sites for hydroxylation is 1. The van der Waals surface area contributed by atoms with Gasteiger partial charge >= 0.3 is 0 Å². The summed E-state index contributed by atoms with van der Waals surface area (Å²) in [7, 11) is 0. The molecule has 5 heteroatoms. The first-order valence-corrected chi connectivity index (χ1v) is 7.08. The SMILES string of the molecule is CCNC(Cc1cncs1)c1scnc1C. The maximum Gasteiger partial charge on any atom is 0.0798 e. The first-order chi connectivity index (χ1) is 7.81. The van der Waals surface area contributed by atoms with E-state index in [4.69, 9.17) is 0 Å². The monoisotopic (exact) mass is 253 g/mol. The third kappa shape index (κ3) is 2.66. The Bertz CT molecular complexity index is 422. The van der Waals surface area contributed by atoms with E-state index in [9.17, 15) is 0 Å². The van der Waals surface area contributed by atoms with Crippen LogP contribution in [-0.4, -0.2) is 16.5 Å². The van der Waals surface area contributed by atoms with Crippen molar-refractivity contribution in [1.29, 1.82) is 0 Å². The number of nitrogens with one attached hydrogen (secondary N) is 1. The van der Waals surface area contributed by atoms with E-state index in [1.807, 2.05) is 17.2 Å². The van der Waals surface area contributed by atoms with Crippen LogP contribution in [0, 0.1) is 6.92 Å². The molecule has 0 fully saturated rings. The Labute approximate surface area is 104 Å². The molecule has 0 radical (unpaired) electrons. The quantitative estimate of drug-likeness (QED) is 0.890. The molecule has 2 aromatic heterocycles. The van der Waals surface area contributed by atoms with Gasteiger partial charge in [0.25, 0.3) is 0 Å². The lowest BCUT2D eigenvalue weighted by Gasteiger charge is -2.15. The van der Waals surface area contributed by atoms with Gasteiger partial charge in [-0.1, -0.05) is 6.92 Å². The van der Waals surface area contributed by atoms with Crippen molar-refractivity contribution >= 4 is 22.7 Å². The van der Waals surface area contributed by atoms with Crippen molar-refractivity contribution in [2.45, 2.75) is 26.3 Å². The second-order valence-electron chi connectivity index (χ2n) is 3.58. The maximum atomic E-state index is 4.32. The van der Waals surface area contributed by atoms with Crippen LogP contribution >= 0.6 is 22.7 Å². The zero-order valence-corrected chi connectivity index (χ0v) is 11.1. The number of aromatic nitrogens is 2. The number of hydrogen-bond donors (Lipinski definition) is 1. The van der Waals surface area contributed by atoms with Gasteiger partial charge in [0.1, 0.15) is 0 Å². The van der Waals surface area contributed by atoms with Crippen LogP contribution in [0.5, 0.6) is 0 Å². The minimum absolute atomic E-state index is 0.373. The summed E-state index contributed by atoms with van der Waals surface area (Å²) in [5.74, 6) is 0. The van der Waals surface area contributed by atoms with Gasteiger partial charge in [-0.25, -0.2) is 4.98 Å². The number of likely N-dealkylation sites (N-methyl/N-ethyl adjacent to an activating group) is 1. The fourth-order valence-electron chi connectivity index (χ4n) is 1.69. The van der Waals surface area contributed by atoms with Crippen LogP contribution in [0.3, 0.4) is 0 Å². The lowest BCUT2D eigenvalue weighted by Crippen LogP contribution is -2.22. The summed E-state index contributed by atoms with van der Waals surface area (Å²) in [5, 5.41) is 3.51. The molecule has 1 N–H and O–H groups in total. The van der Waals surface area contributed by atoms with E-state index in [0.717, 1.165) is 18.7 Å². The lowest BCUT2D eigenvalue weighted by atomic mass is 10.1. The van der Waals surface area contributed by atoms with Crippen LogP contribution < -0.4 is 5.32 Å². The Morgan fingerprint density at radius 1 is 1.38 bits per heavy atom. The van der Waals surface area contributed by atoms with Gasteiger partial charge in [0.2, 0.25) is 0 Å². The van der Waals surface area contributed by atoms with E-state index < -0.39 is 0 Å². The summed E-state index contributed by atoms with van der Waals surface area (Å²) < 4.78 is 0. The number of thiazole rings is 2. The first-order valence-electron chi connectivity index (χ1n) is 5.32. The standard InChI is InChI=1S/C11H15N3S2/c1-3-13-10(4-9-5-12-6-15-9)11-8(2)14-7-16-11/h5-7,10,13H,3-4H2,1-2H3. The van der Waals surface area contributed by atoms with Gasteiger partial charge in [-0.2, -0.15) is 0 Å². The Kier molecular flexibility index (Phi) is 4.04. The largest absolute Gasteiger partial charge is 0.309 e. The van der Waals surface area contributed by atoms with Crippen molar-refractivity contribution < 1.29 is 0 Å². The molecule has 0 spiro atoms. The third-order valence-corrected chi connectivity index (χ3v) is 4.29. The summed E-state index contributed by atoms with van der Waals surface area (Å²) in [6.07, 6.45) is 2.95. The average Bonchev–Trinajstić information content (AvgIpc) is 2.88. The van der Waals surface area contributed by atoms with E-state index in [1.54, 1.807) is 22.7 Å². The van der Waals surface area contributed by atoms with Gasteiger partial charge < -0.3 is 5.32 Å². The topological polar surface area (TPSA) is 37.8 Å². The van der Waals surface area contributed by atoms with Gasteiger partial charge in [-0.05, 0) is 13.5 Å². The normalized spacial score (nSPS) is 12.9. The van der Waals surface area contributed by atoms with E-state index >= 15 is 0 Å². The van der Waals surface area contributed by atoms with Gasteiger partial charge in [0, 0.05) is 28.4 Å². The van der Waals surface area contributed by atoms with Crippen LogP contribution in [0.15, 0.2) is 17.2 Å². The fourth-order valence-corrected chi connectivity index (χ4v) is 3.21. The molecule has 0 saturated carbocycles. The van der Waals surface area contributed by atoms with Crippen LogP contribution in [0.1, 0.15) is 28.4 Å². The van der Waals surface area contributed by atoms with Crippen LogP contribution in [-0.2, 0) is 6.42 Å². The van der Waals surface area contributed by atoms with E-state index in [-0.39, 0.29) is 0 Å². The molecule has 2 rings (SSSR count). The molecule has 2 aromatic rings. The molecule has 0 aliphatic carbocycles. The Hall–Kier alpha value is -0.780. The minimum atomic E-state index is 0.373. The van der Waals surface area contributed by atoms with Crippen molar-refractivity contribution in [1.82, 2.24) is 15.3 Å². The zero-order valence-electron chi connectivity index (χ0n) is 9.43. The number of rotatable bonds is 5. The molecule has 1 unspecified atom stereocenters. The van der Waals surface area contributed by atoms with E-state index in [0.29, 0.717) is 6.04 Å². The molecule has 0 aromatic carbocycles. The molecule has 0 amide bonds. The highest BCUT2D eigenvalue weighted by molar-refractivity contribution is 7.10. The predicted octanol–water partition coefficient (Wildman–Crippen LogP) is 2.80. The van der Waals surface area contributed by atoms with Gasteiger partial charge in [-0.3, -0.25) is 4.98 Å². The average molecular weight is 253 g/mol. The van der Waals surface area contributed by atoms with Crippen molar-refractivity contribution in [2.75, 3.05) is 6.54 Å². The minimum Gasteiger partial charge on any atom is -0.309 e. The molecule has 0 bridgehead atoms. The molecular weight excluding hydrogens is 238 g/mol. The second-order valence-corrected chi connectivity index (χ2v) is 5.44. The molecule has 16 heavy (non-hydrogen) atoms. The molecule has 3 nitrogen and oxygen atoms in total. The highest BCUT2D eigenvalue weighted by Crippen LogP contribution is 2.26. The zero-order chi connectivity index (χ0) is 11.4. The smallest absolute Gasteiger partial charge is 0.0798 e. The number of hydrogen-bond acceptors (Lipinski definition) is 5. The fraction of sp³-hybridized carbons (Fsp3) is 0.455. The highest BCUT2D eigenvalue weighted by atomic mass is 32.1. The maximum absolute atomic E-state index is 4.32. The molecule has 0 aliphatic heterocycles. The summed E-state index contributed by atoms with van der Waals surface area (Å²) in [6, 6.07) is 0.373. The number of nitrogens with zero attached hydrogens (tertiary/aromatic N) is 2. The van der Waals surface area contributed by atoms with Gasteiger partial charge in [-0.15, -0.1) is 22.7 Å². The first kappa shape index (κ1) is 11.7. The molecule has 0 aliphatic rings. The van der Waals surface area contributed by atoms with Crippen molar-refractivity contribution in [3.8, 4) is 0 Å². The van der Waals surface area contributed by atoms with Gasteiger partial charge in [0.05, 0.1) is 16.7 Å². The summed E-state index contributed by atoms with van der Waals surface area (Å²) in [6.45, 7) is 5.18. The van der Waals surface area contributed by atoms with E-state index in [1.165, 1.54) is 9.75 Å². The van der Waals surface area contributed by atoms with Crippen molar-refractivity contribution in [3.63, 3.8) is 0 Å². The second kappa shape index (κ2) is 5.52. The Morgan fingerprint density at radius 3 is 2.81 bits per heavy atom. The van der Waals surface area contributed by atoms with Crippen molar-refractivity contribution in [3.05, 3.63) is 32.7 Å². The van der Waals surface area contributed by atoms with Crippen LogP contribution in [0.2, 0.25) is 0 Å². The predicted molar refractivity (Wildman–Crippen MR) is 69.1 cm³/mol. The lowest BCUT2D eigenvalue weighted by molar-refractivity contribution is 0.558. The van der Waals surface area contributed by atoms with Crippen LogP contribution in [0.25, 0.3) is 0 Å². The third-order valence-electron chi connectivity index (χ3n) is 2.44. The Balaban J connectivity index is 2.14. The highest BCUT2D eigenvalue weighted by Gasteiger charge is 2.16. The van der Waals surface area contributed by atoms with E-state index in [2.05, 4.69) is 29.1 Å². The molecule has 2 heterocycles. The molecular formula is C11H15N3S2. The van der Waals surface area contributed by atoms with Gasteiger partial charge in [0.15, 0.2) is 0 Å². The van der Waals surface area contributed by atoms with Crippen molar-refractivity contribution in [2.24, 2.45) is 0 Å². The summed E-state index contributed by atoms with van der Waals surface area (Å²) in [5.41, 5.74) is 4.94. The summed E-state index contributed by atoms with van der Waals surface area (Å²) in [4.78, 5) is 11.1. The van der Waals surface area contributed by atoms with Crippen LogP contribution in [0.4, 0.5) is 0 Å². The summed E-state index contributed by atoms with van der Waals surface area (Å²) >= 11 is 3.44.